The molecule has 0 aromatic carbocycles. The molecule has 0 aliphatic carbocycles. The Balaban J connectivity index is 1.46. The summed E-state index contributed by atoms with van der Waals surface area (Å²) in [4.78, 5) is 15.0. The predicted octanol–water partition coefficient (Wildman–Crippen LogP) is 2.06. The van der Waals surface area contributed by atoms with Crippen molar-refractivity contribution in [2.75, 3.05) is 20.3 Å². The maximum absolute atomic E-state index is 12.2. The number of ether oxygens (including phenoxy) is 4. The average molecular weight is 403 g/mol. The maximum atomic E-state index is 12.2. The zero-order valence-corrected chi connectivity index (χ0v) is 17.3. The second-order valence-corrected chi connectivity index (χ2v) is 9.43. The summed E-state index contributed by atoms with van der Waals surface area (Å²) in [6.07, 6.45) is 5.95. The topological polar surface area (TPSA) is 77.5 Å². The van der Waals surface area contributed by atoms with Crippen molar-refractivity contribution in [2.24, 2.45) is 17.8 Å². The van der Waals surface area contributed by atoms with Gasteiger partial charge in [-0.15, -0.1) is 0 Å². The molecule has 0 amide bonds. The number of rotatable bonds is 5. The van der Waals surface area contributed by atoms with Crippen LogP contribution in [0.5, 0.6) is 0 Å². The number of carbonyl (C=O) groups excluding carboxylic acids is 1. The first-order valence-corrected chi connectivity index (χ1v) is 11.0. The molecule has 1 N–H and O–H groups in total. The zero-order valence-electron chi connectivity index (χ0n) is 17.3. The van der Waals surface area contributed by atoms with Gasteiger partial charge in [0.2, 0.25) is 11.5 Å². The fourth-order valence-electron chi connectivity index (χ4n) is 7.69. The van der Waals surface area contributed by atoms with Crippen molar-refractivity contribution in [2.45, 2.75) is 69.4 Å². The van der Waals surface area contributed by atoms with Gasteiger partial charge < -0.3 is 24.1 Å². The Kier molecular flexibility index (Phi) is 3.62. The van der Waals surface area contributed by atoms with Crippen LogP contribution in [-0.2, 0) is 23.7 Å². The van der Waals surface area contributed by atoms with Crippen LogP contribution >= 0.6 is 0 Å². The highest BCUT2D eigenvalue weighted by molar-refractivity contribution is 5.94. The number of carbonyl (C=O) groups is 1. The molecule has 1 unspecified atom stereocenters. The first-order valence-electron chi connectivity index (χ1n) is 11.0. The van der Waals surface area contributed by atoms with Crippen molar-refractivity contribution in [1.82, 2.24) is 4.90 Å². The minimum atomic E-state index is -0.622. The lowest BCUT2D eigenvalue weighted by molar-refractivity contribution is -0.256. The second kappa shape index (κ2) is 5.77. The molecular formula is C22H29NO6. The Hall–Kier alpha value is -1.57. The zero-order chi connectivity index (χ0) is 20.1. The summed E-state index contributed by atoms with van der Waals surface area (Å²) >= 11 is 0. The van der Waals surface area contributed by atoms with Gasteiger partial charge in [-0.2, -0.15) is 0 Å². The summed E-state index contributed by atoms with van der Waals surface area (Å²) in [6.45, 7) is 5.11. The Morgan fingerprint density at radius 1 is 1.38 bits per heavy atom. The summed E-state index contributed by atoms with van der Waals surface area (Å²) in [5, 5.41) is 9.59. The normalized spacial score (nSPS) is 51.1. The van der Waals surface area contributed by atoms with Gasteiger partial charge in [0, 0.05) is 17.9 Å². The van der Waals surface area contributed by atoms with Crippen molar-refractivity contribution in [3.8, 4) is 0 Å². The highest BCUT2D eigenvalue weighted by Crippen LogP contribution is 2.73. The minimum Gasteiger partial charge on any atom is -0.492 e. The van der Waals surface area contributed by atoms with Gasteiger partial charge in [-0.3, -0.25) is 4.90 Å². The maximum Gasteiger partial charge on any atom is 0.345 e. The van der Waals surface area contributed by atoms with Gasteiger partial charge in [-0.05, 0) is 25.8 Å². The van der Waals surface area contributed by atoms with Crippen LogP contribution in [-0.4, -0.2) is 59.7 Å². The number of hydrogen-bond acceptors (Lipinski definition) is 7. The molecule has 8 atom stereocenters. The Morgan fingerprint density at radius 3 is 2.93 bits per heavy atom. The van der Waals surface area contributed by atoms with Gasteiger partial charge in [0.25, 0.3) is 0 Å². The lowest BCUT2D eigenvalue weighted by Gasteiger charge is -2.48. The van der Waals surface area contributed by atoms with E-state index in [1.54, 1.807) is 0 Å². The summed E-state index contributed by atoms with van der Waals surface area (Å²) < 4.78 is 24.5. The molecule has 6 aliphatic rings. The number of piperidine rings is 1. The lowest BCUT2D eigenvalue weighted by atomic mass is 9.69. The van der Waals surface area contributed by atoms with E-state index in [9.17, 15) is 9.90 Å². The minimum absolute atomic E-state index is 0.0531. The molecule has 5 saturated heterocycles. The van der Waals surface area contributed by atoms with Gasteiger partial charge in [0.1, 0.15) is 11.3 Å². The first kappa shape index (κ1) is 18.2. The van der Waals surface area contributed by atoms with Gasteiger partial charge >= 0.3 is 5.97 Å². The molecule has 6 rings (SSSR count). The number of hydrogen-bond donors (Lipinski definition) is 1. The van der Waals surface area contributed by atoms with Crippen molar-refractivity contribution in [1.29, 1.82) is 0 Å². The summed E-state index contributed by atoms with van der Waals surface area (Å²) in [5.41, 5.74) is 0.261. The van der Waals surface area contributed by atoms with Crippen LogP contribution in [0.1, 0.15) is 46.0 Å². The number of nitrogens with zero attached hydrogens (tertiary/aromatic N) is 1. The number of esters is 1. The van der Waals surface area contributed by atoms with Crippen LogP contribution < -0.4 is 0 Å². The van der Waals surface area contributed by atoms with Gasteiger partial charge in [0.15, 0.2) is 5.76 Å². The molecule has 1 spiro atoms. The van der Waals surface area contributed by atoms with Crippen LogP contribution in [0.15, 0.2) is 22.9 Å². The van der Waals surface area contributed by atoms with Crippen LogP contribution in [0.2, 0.25) is 0 Å². The number of allylic oxidation sites excluding steroid dienone is 1. The van der Waals surface area contributed by atoms with Crippen molar-refractivity contribution in [3.63, 3.8) is 0 Å². The summed E-state index contributed by atoms with van der Waals surface area (Å²) in [6, 6.07) is 0.446. The molecule has 6 aliphatic heterocycles. The van der Waals surface area contributed by atoms with Crippen molar-refractivity contribution in [3.05, 3.63) is 22.9 Å². The van der Waals surface area contributed by atoms with E-state index in [2.05, 4.69) is 18.7 Å². The van der Waals surface area contributed by atoms with Crippen LogP contribution in [0.3, 0.4) is 0 Å². The quantitative estimate of drug-likeness (QED) is 0.704. The number of unbranched alkanes of at least 4 members (excludes halogenated alkanes) is 1. The highest BCUT2D eigenvalue weighted by Gasteiger charge is 2.84. The van der Waals surface area contributed by atoms with Gasteiger partial charge in [-0.25, -0.2) is 4.79 Å². The predicted molar refractivity (Wildman–Crippen MR) is 101 cm³/mol. The highest BCUT2D eigenvalue weighted by atomic mass is 16.7. The van der Waals surface area contributed by atoms with Crippen molar-refractivity contribution >= 4 is 5.97 Å². The fourth-order valence-corrected chi connectivity index (χ4v) is 7.69. The first-order chi connectivity index (χ1) is 14.0. The number of cyclic esters (lactones) is 1. The van der Waals surface area contributed by atoms with E-state index in [0.29, 0.717) is 29.2 Å². The monoisotopic (exact) mass is 403 g/mol. The fraction of sp³-hybridized carbons (Fsp3) is 0.773. The molecule has 6 heterocycles. The third-order valence-corrected chi connectivity index (χ3v) is 8.56. The molecule has 0 aromatic rings. The largest absolute Gasteiger partial charge is 0.492 e. The number of aliphatic hydroxyl groups excluding tert-OH is 1. The Labute approximate surface area is 170 Å². The SMILES string of the molecule is CCCC[C@@]12[C@@H]3C[C@H]4[C@H]5[C@H](C)/C(=C6/OC(=O)C(CO)=C6OC)O[C@]5(O3)[C@@H]1CCN42. The molecule has 0 radical (unpaired) electrons. The third-order valence-electron chi connectivity index (χ3n) is 8.56. The summed E-state index contributed by atoms with van der Waals surface area (Å²) in [7, 11) is 1.49. The molecule has 7 nitrogen and oxygen atoms in total. The van der Waals surface area contributed by atoms with Crippen LogP contribution in [0.25, 0.3) is 0 Å². The Morgan fingerprint density at radius 2 is 2.21 bits per heavy atom. The Bertz CT molecular complexity index is 850. The molecule has 7 heteroatoms. The van der Waals surface area contributed by atoms with E-state index in [-0.39, 0.29) is 29.1 Å². The number of aliphatic hydroxyl groups is 1. The molecule has 5 bridgehead atoms. The van der Waals surface area contributed by atoms with E-state index in [1.165, 1.54) is 26.4 Å². The third kappa shape index (κ3) is 1.85. The molecule has 0 aromatic heterocycles. The summed E-state index contributed by atoms with van der Waals surface area (Å²) in [5.74, 6) is 0.712. The smallest absolute Gasteiger partial charge is 0.345 e. The molecular weight excluding hydrogens is 374 g/mol. The van der Waals surface area contributed by atoms with E-state index in [0.717, 1.165) is 19.4 Å². The number of methoxy groups -OCH3 is 1. The van der Waals surface area contributed by atoms with E-state index in [1.807, 2.05) is 0 Å². The van der Waals surface area contributed by atoms with Gasteiger partial charge in [0.05, 0.1) is 31.3 Å². The van der Waals surface area contributed by atoms with E-state index < -0.39 is 18.4 Å². The molecule has 0 saturated carbocycles. The number of fused-ring (bicyclic) bond motifs is 1. The van der Waals surface area contributed by atoms with Crippen molar-refractivity contribution < 1.29 is 28.8 Å². The van der Waals surface area contributed by atoms with Gasteiger partial charge in [-0.1, -0.05) is 26.7 Å². The standard InChI is InChI=1S/C22H29NO6/c1-4-5-7-21-14-6-8-23(21)13-9-15(21)28-22(14)16(13)11(2)17(29-22)19-18(26-3)12(10-24)20(25)27-19/h11,13-16,24H,4-10H2,1-3H3/b19-17-/t11-,13-,14+,15-,16+,21-,22+/m0/s1. The van der Waals surface area contributed by atoms with E-state index >= 15 is 0 Å². The molecule has 29 heavy (non-hydrogen) atoms. The molecule has 158 valence electrons. The lowest BCUT2D eigenvalue weighted by Crippen LogP contribution is -2.61. The van der Waals surface area contributed by atoms with E-state index in [4.69, 9.17) is 18.9 Å². The van der Waals surface area contributed by atoms with Crippen LogP contribution in [0, 0.1) is 17.8 Å². The average Bonchev–Trinajstić information content (AvgIpc) is 3.42. The second-order valence-electron chi connectivity index (χ2n) is 9.43. The molecule has 5 fully saturated rings. The van der Waals surface area contributed by atoms with Crippen LogP contribution in [0.4, 0.5) is 0 Å².